The summed E-state index contributed by atoms with van der Waals surface area (Å²) in [6, 6.07) is 17.6. The highest BCUT2D eigenvalue weighted by Gasteiger charge is 2.29. The van der Waals surface area contributed by atoms with E-state index in [2.05, 4.69) is 37.4 Å². The number of nitrogens with one attached hydrogen (secondary N) is 1. The summed E-state index contributed by atoms with van der Waals surface area (Å²) in [5.41, 5.74) is 5.51. The summed E-state index contributed by atoms with van der Waals surface area (Å²) in [7, 11) is 0. The lowest BCUT2D eigenvalue weighted by Crippen LogP contribution is -2.49. The number of hydrogen-bond acceptors (Lipinski definition) is 2. The van der Waals surface area contributed by atoms with Gasteiger partial charge in [0.25, 0.3) is 5.91 Å². The van der Waals surface area contributed by atoms with Crippen LogP contribution in [0.4, 0.5) is 20.6 Å². The molecule has 1 aliphatic rings. The van der Waals surface area contributed by atoms with Crippen molar-refractivity contribution in [2.45, 2.75) is 33.7 Å². The quantitative estimate of drug-likeness (QED) is 0.537. The maximum absolute atomic E-state index is 14.1. The smallest absolute Gasteiger partial charge is 0.320 e. The third-order valence-electron chi connectivity index (χ3n) is 6.07. The molecule has 3 aromatic carbocycles. The molecule has 3 aromatic rings. The third-order valence-corrected chi connectivity index (χ3v) is 6.07. The summed E-state index contributed by atoms with van der Waals surface area (Å²) in [5, 5.41) is 2.81. The molecule has 0 bridgehead atoms. The molecule has 170 valence electrons. The van der Waals surface area contributed by atoms with E-state index in [1.54, 1.807) is 17.0 Å². The first-order chi connectivity index (χ1) is 15.8. The van der Waals surface area contributed by atoms with E-state index < -0.39 is 11.7 Å². The van der Waals surface area contributed by atoms with E-state index in [9.17, 15) is 14.0 Å². The molecule has 33 heavy (non-hydrogen) atoms. The molecular formula is C27H28FN3O2. The molecule has 5 nitrogen and oxygen atoms in total. The molecule has 1 fully saturated rings. The lowest BCUT2D eigenvalue weighted by molar-refractivity contribution is 0.102. The molecule has 0 saturated carbocycles. The van der Waals surface area contributed by atoms with Crippen LogP contribution in [0.2, 0.25) is 0 Å². The molecule has 1 heterocycles. The molecule has 4 rings (SSSR count). The second-order valence-electron chi connectivity index (χ2n) is 8.58. The average Bonchev–Trinajstić information content (AvgIpc) is 2.78. The van der Waals surface area contributed by atoms with Crippen LogP contribution >= 0.6 is 0 Å². The molecule has 0 aromatic heterocycles. The summed E-state index contributed by atoms with van der Waals surface area (Å²) in [6.07, 6.45) is 0.811. The first-order valence-corrected chi connectivity index (χ1v) is 11.1. The van der Waals surface area contributed by atoms with Crippen molar-refractivity contribution in [3.05, 3.63) is 94.3 Å². The van der Waals surface area contributed by atoms with E-state index in [4.69, 9.17) is 0 Å². The van der Waals surface area contributed by atoms with E-state index in [0.717, 1.165) is 17.5 Å². The molecule has 6 heteroatoms. The Balaban J connectivity index is 1.59. The number of hydrogen-bond donors (Lipinski definition) is 1. The molecule has 1 aliphatic heterocycles. The summed E-state index contributed by atoms with van der Waals surface area (Å²) in [5.74, 6) is -1.13. The van der Waals surface area contributed by atoms with Crippen molar-refractivity contribution in [2.75, 3.05) is 23.3 Å². The standard InChI is InChI=1S/C27H28FN3O2/c1-18-9-12-25(24(15-18)29-26(32)22-7-4-5-8-23(22)28)31-14-6-13-30(27(31)33)17-21-11-10-19(2)20(3)16-21/h4-5,7-12,15-16H,6,13-14,17H2,1-3H3,(H,29,32). The Morgan fingerprint density at radius 3 is 2.52 bits per heavy atom. The maximum Gasteiger partial charge on any atom is 0.324 e. The van der Waals surface area contributed by atoms with E-state index in [1.807, 2.05) is 30.0 Å². The van der Waals surface area contributed by atoms with Gasteiger partial charge in [-0.2, -0.15) is 0 Å². The van der Waals surface area contributed by atoms with Crippen LogP contribution in [0.5, 0.6) is 0 Å². The van der Waals surface area contributed by atoms with Crippen LogP contribution < -0.4 is 10.2 Å². The summed E-state index contributed by atoms with van der Waals surface area (Å²) in [6.45, 7) is 7.80. The first kappa shape index (κ1) is 22.5. The number of nitrogens with zero attached hydrogens (tertiary/aromatic N) is 2. The molecule has 0 spiro atoms. The van der Waals surface area contributed by atoms with Gasteiger partial charge in [0.2, 0.25) is 0 Å². The van der Waals surface area contributed by atoms with Gasteiger partial charge >= 0.3 is 6.03 Å². The molecule has 3 amide bonds. The zero-order valence-electron chi connectivity index (χ0n) is 19.2. The molecule has 1 saturated heterocycles. The Bertz CT molecular complexity index is 1210. The van der Waals surface area contributed by atoms with Gasteiger partial charge in [-0.15, -0.1) is 0 Å². The Hall–Kier alpha value is -3.67. The summed E-state index contributed by atoms with van der Waals surface area (Å²) >= 11 is 0. The third kappa shape index (κ3) is 4.90. The van der Waals surface area contributed by atoms with Crippen LogP contribution in [-0.4, -0.2) is 29.9 Å². The number of anilines is 2. The second kappa shape index (κ2) is 9.45. The number of benzene rings is 3. The fourth-order valence-electron chi connectivity index (χ4n) is 4.09. The van der Waals surface area contributed by atoms with E-state index in [-0.39, 0.29) is 11.6 Å². The zero-order valence-corrected chi connectivity index (χ0v) is 19.2. The Morgan fingerprint density at radius 1 is 0.970 bits per heavy atom. The Morgan fingerprint density at radius 2 is 1.76 bits per heavy atom. The molecule has 1 N–H and O–H groups in total. The summed E-state index contributed by atoms with van der Waals surface area (Å²) < 4.78 is 14.1. The monoisotopic (exact) mass is 445 g/mol. The number of amides is 3. The van der Waals surface area contributed by atoms with Gasteiger partial charge in [0, 0.05) is 19.6 Å². The second-order valence-corrected chi connectivity index (χ2v) is 8.58. The number of rotatable bonds is 5. The molecule has 0 aliphatic carbocycles. The van der Waals surface area contributed by atoms with Crippen molar-refractivity contribution in [2.24, 2.45) is 0 Å². The zero-order chi connectivity index (χ0) is 23.5. The number of carbonyl (C=O) groups excluding carboxylic acids is 2. The van der Waals surface area contributed by atoms with E-state index >= 15 is 0 Å². The highest BCUT2D eigenvalue weighted by molar-refractivity contribution is 6.07. The van der Waals surface area contributed by atoms with Gasteiger partial charge in [0.1, 0.15) is 5.82 Å². The van der Waals surface area contributed by atoms with E-state index in [1.165, 1.54) is 23.3 Å². The minimum absolute atomic E-state index is 0.0358. The van der Waals surface area contributed by atoms with Crippen molar-refractivity contribution >= 4 is 23.3 Å². The largest absolute Gasteiger partial charge is 0.324 e. The van der Waals surface area contributed by atoms with Crippen molar-refractivity contribution in [3.8, 4) is 0 Å². The lowest BCUT2D eigenvalue weighted by Gasteiger charge is -2.36. The fourth-order valence-corrected chi connectivity index (χ4v) is 4.09. The van der Waals surface area contributed by atoms with Gasteiger partial charge in [-0.1, -0.05) is 36.4 Å². The molecule has 0 radical (unpaired) electrons. The number of aryl methyl sites for hydroxylation is 3. The number of urea groups is 1. The van der Waals surface area contributed by atoms with Crippen LogP contribution in [0, 0.1) is 26.6 Å². The van der Waals surface area contributed by atoms with Crippen LogP contribution in [-0.2, 0) is 6.54 Å². The van der Waals surface area contributed by atoms with Crippen molar-refractivity contribution in [1.29, 1.82) is 0 Å². The molecular weight excluding hydrogens is 417 g/mol. The maximum atomic E-state index is 14.1. The molecule has 0 atom stereocenters. The van der Waals surface area contributed by atoms with Crippen LogP contribution in [0.15, 0.2) is 60.7 Å². The number of carbonyl (C=O) groups is 2. The number of halogens is 1. The minimum Gasteiger partial charge on any atom is -0.320 e. The van der Waals surface area contributed by atoms with Crippen LogP contribution in [0.25, 0.3) is 0 Å². The predicted octanol–water partition coefficient (Wildman–Crippen LogP) is 5.84. The van der Waals surface area contributed by atoms with Gasteiger partial charge in [0.05, 0.1) is 16.9 Å². The van der Waals surface area contributed by atoms with Crippen LogP contribution in [0.3, 0.4) is 0 Å². The average molecular weight is 446 g/mol. The SMILES string of the molecule is Cc1ccc(N2CCCN(Cc3ccc(C)c(C)c3)C2=O)c(NC(=O)c2ccccc2F)c1. The van der Waals surface area contributed by atoms with Gasteiger partial charge in [-0.3, -0.25) is 9.69 Å². The van der Waals surface area contributed by atoms with Gasteiger partial charge < -0.3 is 10.2 Å². The van der Waals surface area contributed by atoms with Crippen molar-refractivity contribution in [1.82, 2.24) is 4.90 Å². The normalized spacial score (nSPS) is 13.9. The highest BCUT2D eigenvalue weighted by atomic mass is 19.1. The van der Waals surface area contributed by atoms with Crippen molar-refractivity contribution in [3.63, 3.8) is 0 Å². The Labute approximate surface area is 193 Å². The molecule has 0 unspecified atom stereocenters. The highest BCUT2D eigenvalue weighted by Crippen LogP contribution is 2.31. The topological polar surface area (TPSA) is 52.6 Å². The summed E-state index contributed by atoms with van der Waals surface area (Å²) in [4.78, 5) is 29.7. The van der Waals surface area contributed by atoms with Gasteiger partial charge in [0.15, 0.2) is 0 Å². The van der Waals surface area contributed by atoms with Gasteiger partial charge in [-0.05, 0) is 73.7 Å². The van der Waals surface area contributed by atoms with E-state index in [0.29, 0.717) is 31.0 Å². The first-order valence-electron chi connectivity index (χ1n) is 11.1. The predicted molar refractivity (Wildman–Crippen MR) is 129 cm³/mol. The Kier molecular flexibility index (Phi) is 6.45. The van der Waals surface area contributed by atoms with Crippen LogP contribution in [0.1, 0.15) is 39.0 Å². The van der Waals surface area contributed by atoms with Gasteiger partial charge in [-0.25, -0.2) is 9.18 Å². The lowest BCUT2D eigenvalue weighted by atomic mass is 10.1. The fraction of sp³-hybridized carbons (Fsp3) is 0.259. The minimum atomic E-state index is -0.585. The van der Waals surface area contributed by atoms with Crippen molar-refractivity contribution < 1.29 is 14.0 Å².